The minimum Gasteiger partial charge on any atom is -0.384 e. The van der Waals surface area contributed by atoms with Gasteiger partial charge in [0.15, 0.2) is 0 Å². The molecule has 1 aliphatic rings. The molecule has 0 aliphatic carbocycles. The molecule has 1 aromatic carbocycles. The van der Waals surface area contributed by atoms with Gasteiger partial charge in [-0.15, -0.1) is 0 Å². The van der Waals surface area contributed by atoms with Gasteiger partial charge in [0.2, 0.25) is 0 Å². The Labute approximate surface area is 127 Å². The molecule has 2 amide bonds. The zero-order valence-corrected chi connectivity index (χ0v) is 12.2. The molecule has 21 heavy (non-hydrogen) atoms. The lowest BCUT2D eigenvalue weighted by Crippen LogP contribution is -2.50. The number of primary amides is 1. The minimum atomic E-state index is -0.375. The number of fused-ring (bicyclic) bond motifs is 1. The van der Waals surface area contributed by atoms with Crippen LogP contribution < -0.4 is 16.4 Å². The first kappa shape index (κ1) is 13.8. The molecule has 0 bridgehead atoms. The fourth-order valence-corrected chi connectivity index (χ4v) is 2.80. The number of pyridine rings is 1. The number of piperazine rings is 1. The predicted molar refractivity (Wildman–Crippen MR) is 84.5 cm³/mol. The second kappa shape index (κ2) is 5.29. The lowest BCUT2D eigenvalue weighted by Gasteiger charge is -2.35. The summed E-state index contributed by atoms with van der Waals surface area (Å²) in [6.07, 6.45) is 0. The molecule has 3 rings (SSSR count). The number of anilines is 2. The molecule has 1 fully saturated rings. The maximum absolute atomic E-state index is 11.2. The van der Waals surface area contributed by atoms with Crippen LogP contribution in [0.2, 0.25) is 5.02 Å². The number of nitrogens with two attached hydrogens (primary N) is 2. The van der Waals surface area contributed by atoms with Crippen LogP contribution in [-0.4, -0.2) is 42.1 Å². The molecule has 1 saturated heterocycles. The summed E-state index contributed by atoms with van der Waals surface area (Å²) in [5.41, 5.74) is 13.0. The summed E-state index contributed by atoms with van der Waals surface area (Å²) in [6.45, 7) is 2.63. The second-order valence-corrected chi connectivity index (χ2v) is 5.48. The maximum atomic E-state index is 11.2. The number of amides is 2. The molecule has 4 N–H and O–H groups in total. The third-order valence-corrected chi connectivity index (χ3v) is 3.94. The van der Waals surface area contributed by atoms with Gasteiger partial charge in [-0.1, -0.05) is 11.6 Å². The van der Waals surface area contributed by atoms with Crippen molar-refractivity contribution in [2.45, 2.75) is 0 Å². The Morgan fingerprint density at radius 2 is 1.90 bits per heavy atom. The molecule has 2 aromatic rings. The second-order valence-electron chi connectivity index (χ2n) is 5.04. The zero-order chi connectivity index (χ0) is 15.0. The normalized spacial score (nSPS) is 15.5. The Morgan fingerprint density at radius 3 is 2.57 bits per heavy atom. The van der Waals surface area contributed by atoms with Crippen LogP contribution in [0.3, 0.4) is 0 Å². The van der Waals surface area contributed by atoms with Crippen molar-refractivity contribution in [1.29, 1.82) is 0 Å². The molecule has 0 atom stereocenters. The Bertz CT molecular complexity index is 692. The van der Waals surface area contributed by atoms with Gasteiger partial charge in [-0.05, 0) is 18.2 Å². The molecule has 7 heteroatoms. The molecule has 1 aliphatic heterocycles. The van der Waals surface area contributed by atoms with E-state index in [2.05, 4.69) is 9.88 Å². The number of carbonyl (C=O) groups excluding carboxylic acids is 1. The number of halogens is 1. The predicted octanol–water partition coefficient (Wildman–Crippen LogP) is 1.67. The van der Waals surface area contributed by atoms with Crippen LogP contribution in [0, 0.1) is 0 Å². The smallest absolute Gasteiger partial charge is 0.314 e. The lowest BCUT2D eigenvalue weighted by molar-refractivity contribution is 0.204. The van der Waals surface area contributed by atoms with Gasteiger partial charge in [0.25, 0.3) is 0 Å². The van der Waals surface area contributed by atoms with Crippen molar-refractivity contribution in [3.05, 3.63) is 29.3 Å². The Hall–Kier alpha value is -2.21. The molecular weight excluding hydrogens is 290 g/mol. The van der Waals surface area contributed by atoms with Crippen LogP contribution in [0.4, 0.5) is 16.3 Å². The van der Waals surface area contributed by atoms with E-state index in [1.54, 1.807) is 11.0 Å². The molecule has 0 radical (unpaired) electrons. The summed E-state index contributed by atoms with van der Waals surface area (Å²) in [7, 11) is 0. The first-order valence-corrected chi connectivity index (χ1v) is 7.07. The molecular formula is C14H16ClN5O. The largest absolute Gasteiger partial charge is 0.384 e. The van der Waals surface area contributed by atoms with Gasteiger partial charge < -0.3 is 21.3 Å². The van der Waals surface area contributed by atoms with Gasteiger partial charge in [-0.25, -0.2) is 9.78 Å². The number of urea groups is 1. The fourth-order valence-electron chi connectivity index (χ4n) is 2.63. The van der Waals surface area contributed by atoms with Crippen LogP contribution in [0.1, 0.15) is 0 Å². The third kappa shape index (κ3) is 2.67. The van der Waals surface area contributed by atoms with E-state index in [1.165, 1.54) is 0 Å². The van der Waals surface area contributed by atoms with Gasteiger partial charge in [-0.2, -0.15) is 0 Å². The van der Waals surface area contributed by atoms with Crippen LogP contribution in [0.15, 0.2) is 24.3 Å². The highest BCUT2D eigenvalue weighted by Gasteiger charge is 2.21. The average Bonchev–Trinajstić information content (AvgIpc) is 2.46. The Balaban J connectivity index is 1.95. The Kier molecular flexibility index (Phi) is 3.47. The maximum Gasteiger partial charge on any atom is 0.314 e. The molecule has 0 unspecified atom stereocenters. The van der Waals surface area contributed by atoms with Crippen molar-refractivity contribution in [3.8, 4) is 0 Å². The highest BCUT2D eigenvalue weighted by Crippen LogP contribution is 2.30. The summed E-state index contributed by atoms with van der Waals surface area (Å²) in [6, 6.07) is 7.07. The van der Waals surface area contributed by atoms with Gasteiger partial charge in [0, 0.05) is 48.3 Å². The quantitative estimate of drug-likeness (QED) is 0.839. The number of nitrogen functional groups attached to an aromatic ring is 1. The highest BCUT2D eigenvalue weighted by atomic mass is 35.5. The van der Waals surface area contributed by atoms with Crippen LogP contribution >= 0.6 is 11.6 Å². The van der Waals surface area contributed by atoms with Gasteiger partial charge >= 0.3 is 6.03 Å². The Morgan fingerprint density at radius 1 is 1.19 bits per heavy atom. The van der Waals surface area contributed by atoms with Gasteiger partial charge in [0.05, 0.1) is 5.52 Å². The van der Waals surface area contributed by atoms with Crippen molar-refractivity contribution < 1.29 is 4.79 Å². The summed E-state index contributed by atoms with van der Waals surface area (Å²) in [5.74, 6) is 0.456. The van der Waals surface area contributed by atoms with Gasteiger partial charge in [0.1, 0.15) is 5.82 Å². The van der Waals surface area contributed by atoms with E-state index in [9.17, 15) is 4.79 Å². The van der Waals surface area contributed by atoms with Crippen molar-refractivity contribution >= 4 is 40.0 Å². The van der Waals surface area contributed by atoms with E-state index < -0.39 is 0 Å². The number of nitrogens with zero attached hydrogens (tertiary/aromatic N) is 3. The minimum absolute atomic E-state index is 0.375. The number of benzene rings is 1. The summed E-state index contributed by atoms with van der Waals surface area (Å²) >= 11 is 6.01. The van der Waals surface area contributed by atoms with E-state index in [0.29, 0.717) is 37.0 Å². The third-order valence-electron chi connectivity index (χ3n) is 3.70. The molecule has 0 saturated carbocycles. The topological polar surface area (TPSA) is 88.5 Å². The monoisotopic (exact) mass is 305 g/mol. The van der Waals surface area contributed by atoms with E-state index >= 15 is 0 Å². The number of aromatic nitrogens is 1. The standard InChI is InChI=1S/C14H16ClN5O/c15-9-1-2-10-11(7-9)18-13(16)8-12(10)19-3-5-20(6-4-19)14(17)21/h1-2,7-8H,3-6H2,(H2,16,18)(H2,17,21). The zero-order valence-electron chi connectivity index (χ0n) is 11.4. The van der Waals surface area contributed by atoms with Crippen molar-refractivity contribution in [2.24, 2.45) is 5.73 Å². The van der Waals surface area contributed by atoms with Gasteiger partial charge in [-0.3, -0.25) is 0 Å². The first-order chi connectivity index (χ1) is 10.0. The molecule has 6 nitrogen and oxygen atoms in total. The SMILES string of the molecule is NC(=O)N1CCN(c2cc(N)nc3cc(Cl)ccc23)CC1. The fraction of sp³-hybridized carbons (Fsp3) is 0.286. The molecule has 1 aromatic heterocycles. The first-order valence-electron chi connectivity index (χ1n) is 6.70. The van der Waals surface area contributed by atoms with E-state index in [1.807, 2.05) is 18.2 Å². The van der Waals surface area contributed by atoms with E-state index in [4.69, 9.17) is 23.1 Å². The molecule has 110 valence electrons. The van der Waals surface area contributed by atoms with Crippen molar-refractivity contribution in [1.82, 2.24) is 9.88 Å². The summed E-state index contributed by atoms with van der Waals surface area (Å²) in [4.78, 5) is 19.3. The highest BCUT2D eigenvalue weighted by molar-refractivity contribution is 6.31. The summed E-state index contributed by atoms with van der Waals surface area (Å²) in [5, 5.41) is 1.63. The van der Waals surface area contributed by atoms with E-state index in [-0.39, 0.29) is 6.03 Å². The van der Waals surface area contributed by atoms with Crippen LogP contribution in [0.5, 0.6) is 0 Å². The summed E-state index contributed by atoms with van der Waals surface area (Å²) < 4.78 is 0. The van der Waals surface area contributed by atoms with E-state index in [0.717, 1.165) is 16.6 Å². The number of rotatable bonds is 1. The number of hydrogen-bond donors (Lipinski definition) is 2. The number of hydrogen-bond acceptors (Lipinski definition) is 4. The lowest BCUT2D eigenvalue weighted by atomic mass is 10.1. The molecule has 2 heterocycles. The van der Waals surface area contributed by atoms with Crippen molar-refractivity contribution in [3.63, 3.8) is 0 Å². The average molecular weight is 306 g/mol. The van der Waals surface area contributed by atoms with Crippen LogP contribution in [0.25, 0.3) is 10.9 Å². The number of carbonyl (C=O) groups is 1. The molecule has 0 spiro atoms. The van der Waals surface area contributed by atoms with Crippen molar-refractivity contribution in [2.75, 3.05) is 36.8 Å². The van der Waals surface area contributed by atoms with Crippen LogP contribution in [-0.2, 0) is 0 Å².